The number of carbonyl (C=O) groups is 1. The molecule has 1 N–H and O–H groups in total. The first kappa shape index (κ1) is 13.8. The SMILES string of the molecule is CC(=O)c1ccc(NCC(C)C(C)(C)C)cc1. The fraction of sp³-hybridized carbons (Fsp3) is 0.533. The molecule has 0 aliphatic rings. The molecule has 0 saturated heterocycles. The third kappa shape index (κ3) is 4.22. The number of Topliss-reactive ketones (excluding diaryl/α,β-unsaturated/α-hetero) is 1. The van der Waals surface area contributed by atoms with Crippen LogP contribution in [0.15, 0.2) is 24.3 Å². The van der Waals surface area contributed by atoms with Crippen LogP contribution in [-0.2, 0) is 0 Å². The van der Waals surface area contributed by atoms with Crippen LogP contribution in [0, 0.1) is 11.3 Å². The van der Waals surface area contributed by atoms with Gasteiger partial charge >= 0.3 is 0 Å². The number of hydrogen-bond acceptors (Lipinski definition) is 2. The third-order valence-corrected chi connectivity index (χ3v) is 3.38. The molecule has 0 bridgehead atoms. The van der Waals surface area contributed by atoms with E-state index in [0.29, 0.717) is 11.3 Å². The molecule has 1 atom stereocenters. The molecule has 0 aliphatic heterocycles. The maximum absolute atomic E-state index is 11.1. The molecule has 94 valence electrons. The Morgan fingerprint density at radius 3 is 2.18 bits per heavy atom. The van der Waals surface area contributed by atoms with Gasteiger partial charge < -0.3 is 5.32 Å². The van der Waals surface area contributed by atoms with Crippen molar-refractivity contribution in [2.45, 2.75) is 34.6 Å². The molecular formula is C15H23NO. The van der Waals surface area contributed by atoms with Gasteiger partial charge in [-0.05, 0) is 42.5 Å². The fourth-order valence-corrected chi connectivity index (χ4v) is 1.40. The van der Waals surface area contributed by atoms with E-state index in [9.17, 15) is 4.79 Å². The lowest BCUT2D eigenvalue weighted by Crippen LogP contribution is -2.24. The Labute approximate surface area is 104 Å². The van der Waals surface area contributed by atoms with Gasteiger partial charge in [0.05, 0.1) is 0 Å². The van der Waals surface area contributed by atoms with Gasteiger partial charge in [-0.3, -0.25) is 4.79 Å². The molecule has 0 spiro atoms. The van der Waals surface area contributed by atoms with Gasteiger partial charge in [-0.1, -0.05) is 27.7 Å². The van der Waals surface area contributed by atoms with E-state index in [-0.39, 0.29) is 5.78 Å². The zero-order chi connectivity index (χ0) is 13.1. The van der Waals surface area contributed by atoms with Gasteiger partial charge in [0.1, 0.15) is 0 Å². The molecular weight excluding hydrogens is 210 g/mol. The molecule has 0 fully saturated rings. The molecule has 1 unspecified atom stereocenters. The zero-order valence-corrected chi connectivity index (χ0v) is 11.5. The van der Waals surface area contributed by atoms with E-state index in [1.807, 2.05) is 24.3 Å². The first-order chi connectivity index (χ1) is 7.80. The van der Waals surface area contributed by atoms with E-state index in [1.54, 1.807) is 6.92 Å². The highest BCUT2D eigenvalue weighted by Gasteiger charge is 2.19. The van der Waals surface area contributed by atoms with Gasteiger partial charge in [0.25, 0.3) is 0 Å². The predicted octanol–water partition coefficient (Wildman–Crippen LogP) is 3.98. The van der Waals surface area contributed by atoms with Crippen LogP contribution in [0.4, 0.5) is 5.69 Å². The zero-order valence-electron chi connectivity index (χ0n) is 11.5. The average Bonchev–Trinajstić information content (AvgIpc) is 2.25. The van der Waals surface area contributed by atoms with E-state index >= 15 is 0 Å². The Hall–Kier alpha value is -1.31. The van der Waals surface area contributed by atoms with Gasteiger partial charge in [-0.2, -0.15) is 0 Å². The normalized spacial score (nSPS) is 13.2. The number of ketones is 1. The number of rotatable bonds is 4. The molecule has 0 saturated carbocycles. The van der Waals surface area contributed by atoms with E-state index in [2.05, 4.69) is 33.0 Å². The van der Waals surface area contributed by atoms with E-state index < -0.39 is 0 Å². The Bertz CT molecular complexity index is 373. The molecule has 1 aromatic rings. The van der Waals surface area contributed by atoms with Crippen LogP contribution in [0.5, 0.6) is 0 Å². The van der Waals surface area contributed by atoms with Crippen molar-refractivity contribution in [3.63, 3.8) is 0 Å². The van der Waals surface area contributed by atoms with Crippen molar-refractivity contribution in [2.24, 2.45) is 11.3 Å². The highest BCUT2D eigenvalue weighted by molar-refractivity contribution is 5.94. The Kier molecular flexibility index (Phi) is 4.33. The van der Waals surface area contributed by atoms with Crippen LogP contribution in [-0.4, -0.2) is 12.3 Å². The topological polar surface area (TPSA) is 29.1 Å². The van der Waals surface area contributed by atoms with Crippen molar-refractivity contribution in [1.29, 1.82) is 0 Å². The van der Waals surface area contributed by atoms with Crippen LogP contribution in [0.1, 0.15) is 45.0 Å². The van der Waals surface area contributed by atoms with Gasteiger partial charge in [0, 0.05) is 17.8 Å². The minimum Gasteiger partial charge on any atom is -0.385 e. The molecule has 1 rings (SSSR count). The number of nitrogens with one attached hydrogen (secondary N) is 1. The van der Waals surface area contributed by atoms with Crippen molar-refractivity contribution in [3.8, 4) is 0 Å². The number of benzene rings is 1. The molecule has 0 heterocycles. The first-order valence-electron chi connectivity index (χ1n) is 6.15. The van der Waals surface area contributed by atoms with E-state index in [4.69, 9.17) is 0 Å². The average molecular weight is 233 g/mol. The lowest BCUT2D eigenvalue weighted by Gasteiger charge is -2.27. The Balaban J connectivity index is 2.56. The summed E-state index contributed by atoms with van der Waals surface area (Å²) in [6.07, 6.45) is 0. The molecule has 17 heavy (non-hydrogen) atoms. The van der Waals surface area contributed by atoms with Crippen molar-refractivity contribution in [2.75, 3.05) is 11.9 Å². The van der Waals surface area contributed by atoms with Gasteiger partial charge in [0.2, 0.25) is 0 Å². The summed E-state index contributed by atoms with van der Waals surface area (Å²) in [5, 5.41) is 3.41. The Morgan fingerprint density at radius 2 is 1.76 bits per heavy atom. The highest BCUT2D eigenvalue weighted by atomic mass is 16.1. The van der Waals surface area contributed by atoms with Crippen LogP contribution in [0.3, 0.4) is 0 Å². The first-order valence-corrected chi connectivity index (χ1v) is 6.15. The van der Waals surface area contributed by atoms with Crippen LogP contribution in [0.25, 0.3) is 0 Å². The fourth-order valence-electron chi connectivity index (χ4n) is 1.40. The molecule has 1 aromatic carbocycles. The van der Waals surface area contributed by atoms with E-state index in [0.717, 1.165) is 17.8 Å². The van der Waals surface area contributed by atoms with Crippen molar-refractivity contribution in [1.82, 2.24) is 0 Å². The minimum absolute atomic E-state index is 0.111. The third-order valence-electron chi connectivity index (χ3n) is 3.38. The standard InChI is InChI=1S/C15H23NO/c1-11(15(3,4)5)10-16-14-8-6-13(7-9-14)12(2)17/h6-9,11,16H,10H2,1-5H3. The summed E-state index contributed by atoms with van der Waals surface area (Å²) in [6.45, 7) is 11.5. The predicted molar refractivity (Wildman–Crippen MR) is 73.6 cm³/mol. The maximum atomic E-state index is 11.1. The number of anilines is 1. The van der Waals surface area contributed by atoms with Crippen molar-refractivity contribution in [3.05, 3.63) is 29.8 Å². The molecule has 0 aliphatic carbocycles. The summed E-state index contributed by atoms with van der Waals surface area (Å²) in [6, 6.07) is 7.66. The number of carbonyl (C=O) groups excluding carboxylic acids is 1. The summed E-state index contributed by atoms with van der Waals surface area (Å²) in [5.74, 6) is 0.703. The van der Waals surface area contributed by atoms with Gasteiger partial charge in [-0.25, -0.2) is 0 Å². The Morgan fingerprint density at radius 1 is 1.24 bits per heavy atom. The second kappa shape index (κ2) is 5.35. The summed E-state index contributed by atoms with van der Waals surface area (Å²) in [5.41, 5.74) is 2.15. The minimum atomic E-state index is 0.111. The summed E-state index contributed by atoms with van der Waals surface area (Å²) in [4.78, 5) is 11.1. The largest absolute Gasteiger partial charge is 0.385 e. The molecule has 2 heteroatoms. The number of hydrogen-bond donors (Lipinski definition) is 1. The van der Waals surface area contributed by atoms with Crippen LogP contribution < -0.4 is 5.32 Å². The van der Waals surface area contributed by atoms with Crippen molar-refractivity contribution >= 4 is 11.5 Å². The lowest BCUT2D eigenvalue weighted by molar-refractivity contribution is 0.101. The summed E-state index contributed by atoms with van der Waals surface area (Å²) >= 11 is 0. The van der Waals surface area contributed by atoms with Gasteiger partial charge in [-0.15, -0.1) is 0 Å². The van der Waals surface area contributed by atoms with E-state index in [1.165, 1.54) is 0 Å². The highest BCUT2D eigenvalue weighted by Crippen LogP contribution is 2.25. The molecule has 0 radical (unpaired) electrons. The second-order valence-electron chi connectivity index (χ2n) is 5.78. The smallest absolute Gasteiger partial charge is 0.159 e. The molecule has 0 amide bonds. The molecule has 0 aromatic heterocycles. The maximum Gasteiger partial charge on any atom is 0.159 e. The summed E-state index contributed by atoms with van der Waals surface area (Å²) in [7, 11) is 0. The van der Waals surface area contributed by atoms with Crippen LogP contribution in [0.2, 0.25) is 0 Å². The molecule has 2 nitrogen and oxygen atoms in total. The second-order valence-corrected chi connectivity index (χ2v) is 5.78. The van der Waals surface area contributed by atoms with Gasteiger partial charge in [0.15, 0.2) is 5.78 Å². The lowest BCUT2D eigenvalue weighted by atomic mass is 9.82. The summed E-state index contributed by atoms with van der Waals surface area (Å²) < 4.78 is 0. The van der Waals surface area contributed by atoms with Crippen molar-refractivity contribution < 1.29 is 4.79 Å². The quantitative estimate of drug-likeness (QED) is 0.797. The monoisotopic (exact) mass is 233 g/mol. The van der Waals surface area contributed by atoms with Crippen LogP contribution >= 0.6 is 0 Å².